The van der Waals surface area contributed by atoms with Crippen molar-refractivity contribution in [1.29, 1.82) is 0 Å². The third-order valence-electron chi connectivity index (χ3n) is 4.44. The minimum absolute atomic E-state index is 0.147. The van der Waals surface area contributed by atoms with Crippen LogP contribution in [0, 0.1) is 5.92 Å². The van der Waals surface area contributed by atoms with E-state index in [0.29, 0.717) is 5.92 Å². The Morgan fingerprint density at radius 3 is 3.00 bits per heavy atom. The van der Waals surface area contributed by atoms with Crippen LogP contribution < -0.4 is 11.1 Å². The van der Waals surface area contributed by atoms with E-state index in [1.54, 1.807) is 6.20 Å². The van der Waals surface area contributed by atoms with E-state index in [1.807, 2.05) is 24.3 Å². The summed E-state index contributed by atoms with van der Waals surface area (Å²) in [5.74, 6) is 1.27. The van der Waals surface area contributed by atoms with E-state index < -0.39 is 0 Å². The number of rotatable bonds is 2. The first-order valence-electron chi connectivity index (χ1n) is 7.18. The molecule has 5 nitrogen and oxygen atoms in total. The molecule has 20 heavy (non-hydrogen) atoms. The highest BCUT2D eigenvalue weighted by Gasteiger charge is 2.50. The SMILES string of the molecule is NC1C2CCCOC2C1Nc1cnc2ccccc2n1. The monoisotopic (exact) mass is 270 g/mol. The lowest BCUT2D eigenvalue weighted by Gasteiger charge is -2.52. The van der Waals surface area contributed by atoms with Crippen LogP contribution in [0.3, 0.4) is 0 Å². The topological polar surface area (TPSA) is 73.1 Å². The van der Waals surface area contributed by atoms with Gasteiger partial charge in [0, 0.05) is 18.6 Å². The Hall–Kier alpha value is -1.72. The van der Waals surface area contributed by atoms with E-state index in [9.17, 15) is 0 Å². The molecule has 0 radical (unpaired) electrons. The second-order valence-corrected chi connectivity index (χ2v) is 5.63. The van der Waals surface area contributed by atoms with Crippen LogP contribution in [0.5, 0.6) is 0 Å². The second-order valence-electron chi connectivity index (χ2n) is 5.63. The van der Waals surface area contributed by atoms with Gasteiger partial charge in [0.05, 0.1) is 29.4 Å². The van der Waals surface area contributed by atoms with E-state index in [2.05, 4.69) is 15.3 Å². The number of nitrogens with zero attached hydrogens (tertiary/aromatic N) is 2. The standard InChI is InChI=1S/C15H18N4O/c16-13-9-4-3-7-20-15(9)14(13)19-12-8-17-10-5-1-2-6-11(10)18-12/h1-2,5-6,8-9,13-15H,3-4,7,16H2,(H,18,19). The number of para-hydroxylation sites is 2. The van der Waals surface area contributed by atoms with Gasteiger partial charge in [-0.2, -0.15) is 0 Å². The van der Waals surface area contributed by atoms with Crippen molar-refractivity contribution in [3.63, 3.8) is 0 Å². The van der Waals surface area contributed by atoms with E-state index in [1.165, 1.54) is 6.42 Å². The lowest BCUT2D eigenvalue weighted by molar-refractivity contribution is -0.104. The van der Waals surface area contributed by atoms with Crippen LogP contribution in [0.1, 0.15) is 12.8 Å². The molecule has 104 valence electrons. The van der Waals surface area contributed by atoms with Crippen LogP contribution in [-0.4, -0.2) is 34.8 Å². The summed E-state index contributed by atoms with van der Waals surface area (Å²) in [7, 11) is 0. The van der Waals surface area contributed by atoms with Crippen LogP contribution in [0.25, 0.3) is 11.0 Å². The van der Waals surface area contributed by atoms with Crippen LogP contribution in [0.15, 0.2) is 30.5 Å². The van der Waals surface area contributed by atoms with Gasteiger partial charge in [-0.1, -0.05) is 12.1 Å². The molecule has 1 saturated carbocycles. The van der Waals surface area contributed by atoms with Crippen molar-refractivity contribution in [3.8, 4) is 0 Å². The van der Waals surface area contributed by atoms with Gasteiger partial charge in [-0.3, -0.25) is 4.98 Å². The number of aromatic nitrogens is 2. The zero-order chi connectivity index (χ0) is 13.5. The van der Waals surface area contributed by atoms with Crippen LogP contribution in [0.2, 0.25) is 0 Å². The highest BCUT2D eigenvalue weighted by molar-refractivity contribution is 5.75. The molecule has 2 aliphatic rings. The Kier molecular flexibility index (Phi) is 2.82. The van der Waals surface area contributed by atoms with E-state index in [-0.39, 0.29) is 18.2 Å². The summed E-state index contributed by atoms with van der Waals surface area (Å²) in [6.45, 7) is 0.843. The van der Waals surface area contributed by atoms with Gasteiger partial charge in [-0.05, 0) is 25.0 Å². The zero-order valence-electron chi connectivity index (χ0n) is 11.2. The fraction of sp³-hybridized carbons (Fsp3) is 0.467. The van der Waals surface area contributed by atoms with Gasteiger partial charge >= 0.3 is 0 Å². The first-order valence-corrected chi connectivity index (χ1v) is 7.18. The molecule has 0 bridgehead atoms. The molecule has 0 amide bonds. The van der Waals surface area contributed by atoms with Crippen LogP contribution in [0.4, 0.5) is 5.82 Å². The molecule has 1 aromatic heterocycles. The summed E-state index contributed by atoms with van der Waals surface area (Å²) < 4.78 is 5.83. The highest BCUT2D eigenvalue weighted by atomic mass is 16.5. The van der Waals surface area contributed by atoms with Crippen molar-refractivity contribution in [3.05, 3.63) is 30.5 Å². The molecule has 1 aliphatic heterocycles. The van der Waals surface area contributed by atoms with Gasteiger partial charge in [0.2, 0.25) is 0 Å². The highest BCUT2D eigenvalue weighted by Crippen LogP contribution is 2.38. The molecule has 0 spiro atoms. The van der Waals surface area contributed by atoms with E-state index in [0.717, 1.165) is 29.9 Å². The summed E-state index contributed by atoms with van der Waals surface area (Å²) in [6.07, 6.45) is 4.29. The van der Waals surface area contributed by atoms with Crippen molar-refractivity contribution in [1.82, 2.24) is 9.97 Å². The molecule has 1 aromatic carbocycles. The molecular formula is C15H18N4O. The fourth-order valence-corrected chi connectivity index (χ4v) is 3.32. The molecular weight excluding hydrogens is 252 g/mol. The number of hydrogen-bond acceptors (Lipinski definition) is 5. The number of anilines is 1. The lowest BCUT2D eigenvalue weighted by Crippen LogP contribution is -2.69. The summed E-state index contributed by atoms with van der Waals surface area (Å²) in [5, 5.41) is 3.40. The van der Waals surface area contributed by atoms with Gasteiger partial charge in [-0.25, -0.2) is 4.98 Å². The summed E-state index contributed by atoms with van der Waals surface area (Å²) in [5.41, 5.74) is 8.05. The lowest BCUT2D eigenvalue weighted by atomic mass is 9.69. The molecule has 5 heteroatoms. The summed E-state index contributed by atoms with van der Waals surface area (Å²) in [6, 6.07) is 8.15. The van der Waals surface area contributed by atoms with Crippen molar-refractivity contribution < 1.29 is 4.74 Å². The average molecular weight is 270 g/mol. The fourth-order valence-electron chi connectivity index (χ4n) is 3.32. The van der Waals surface area contributed by atoms with Crippen molar-refractivity contribution in [2.24, 2.45) is 11.7 Å². The Morgan fingerprint density at radius 2 is 2.10 bits per heavy atom. The Balaban J connectivity index is 1.55. The molecule has 4 rings (SSSR count). The first kappa shape index (κ1) is 12.1. The van der Waals surface area contributed by atoms with Crippen molar-refractivity contribution in [2.45, 2.75) is 31.0 Å². The molecule has 3 N–H and O–H groups in total. The molecule has 2 fully saturated rings. The van der Waals surface area contributed by atoms with Crippen molar-refractivity contribution in [2.75, 3.05) is 11.9 Å². The third kappa shape index (κ3) is 1.85. The summed E-state index contributed by atoms with van der Waals surface area (Å²) in [4.78, 5) is 9.00. The van der Waals surface area contributed by atoms with E-state index in [4.69, 9.17) is 10.5 Å². The van der Waals surface area contributed by atoms with Gasteiger partial charge < -0.3 is 15.8 Å². The number of fused-ring (bicyclic) bond motifs is 2. The molecule has 2 heterocycles. The predicted octanol–water partition coefficient (Wildman–Crippen LogP) is 1.55. The molecule has 1 saturated heterocycles. The Morgan fingerprint density at radius 1 is 1.25 bits per heavy atom. The number of ether oxygens (including phenoxy) is 1. The number of benzene rings is 1. The second kappa shape index (κ2) is 4.68. The van der Waals surface area contributed by atoms with E-state index >= 15 is 0 Å². The normalized spacial score (nSPS) is 32.5. The molecule has 4 unspecified atom stereocenters. The molecule has 4 atom stereocenters. The van der Waals surface area contributed by atoms with Gasteiger partial charge in [0.25, 0.3) is 0 Å². The maximum atomic E-state index is 6.25. The predicted molar refractivity (Wildman–Crippen MR) is 77.4 cm³/mol. The molecule has 2 aromatic rings. The maximum Gasteiger partial charge on any atom is 0.145 e. The Labute approximate surface area is 117 Å². The largest absolute Gasteiger partial charge is 0.376 e. The number of nitrogens with two attached hydrogens (primary N) is 1. The third-order valence-corrected chi connectivity index (χ3v) is 4.44. The van der Waals surface area contributed by atoms with Gasteiger partial charge in [0.1, 0.15) is 5.82 Å². The minimum Gasteiger partial charge on any atom is -0.376 e. The smallest absolute Gasteiger partial charge is 0.145 e. The maximum absolute atomic E-state index is 6.25. The Bertz CT molecular complexity index is 632. The van der Waals surface area contributed by atoms with Gasteiger partial charge in [-0.15, -0.1) is 0 Å². The quantitative estimate of drug-likeness (QED) is 0.866. The average Bonchev–Trinajstić information content (AvgIpc) is 2.52. The first-order chi connectivity index (χ1) is 9.83. The number of nitrogens with one attached hydrogen (secondary N) is 1. The van der Waals surface area contributed by atoms with Gasteiger partial charge in [0.15, 0.2) is 0 Å². The van der Waals surface area contributed by atoms with Crippen molar-refractivity contribution >= 4 is 16.9 Å². The van der Waals surface area contributed by atoms with Crippen LogP contribution >= 0.6 is 0 Å². The summed E-state index contributed by atoms with van der Waals surface area (Å²) >= 11 is 0. The number of hydrogen-bond donors (Lipinski definition) is 2. The van der Waals surface area contributed by atoms with Crippen LogP contribution in [-0.2, 0) is 4.74 Å². The molecule has 1 aliphatic carbocycles. The minimum atomic E-state index is 0.147. The zero-order valence-corrected chi connectivity index (χ0v) is 11.2.